The van der Waals surface area contributed by atoms with E-state index in [0.717, 1.165) is 22.1 Å². The van der Waals surface area contributed by atoms with Crippen LogP contribution in [-0.4, -0.2) is 14.5 Å². The van der Waals surface area contributed by atoms with Crippen molar-refractivity contribution in [1.29, 1.82) is 0 Å². The highest BCUT2D eigenvalue weighted by molar-refractivity contribution is 7.09. The second-order valence-electron chi connectivity index (χ2n) is 4.70. The van der Waals surface area contributed by atoms with Crippen molar-refractivity contribution in [3.05, 3.63) is 58.9 Å². The Hall–Kier alpha value is -1.98. The number of nitrogens with zero attached hydrogens (tertiary/aromatic N) is 3. The van der Waals surface area contributed by atoms with Gasteiger partial charge in [0.05, 0.1) is 16.7 Å². The number of nitrogens with two attached hydrogens (primary N) is 1. The molecule has 4 nitrogen and oxygen atoms in total. The minimum Gasteiger partial charge on any atom is -0.337 e. The number of hydrogen-bond donors (Lipinski definition) is 1. The van der Waals surface area contributed by atoms with E-state index < -0.39 is 0 Å². The summed E-state index contributed by atoms with van der Waals surface area (Å²) in [6.07, 6.45) is 4.39. The van der Waals surface area contributed by atoms with Crippen LogP contribution in [0.25, 0.3) is 11.3 Å². The summed E-state index contributed by atoms with van der Waals surface area (Å²) < 4.78 is 1.95. The molecule has 0 amide bonds. The second kappa shape index (κ2) is 5.56. The van der Waals surface area contributed by atoms with Gasteiger partial charge in [-0.15, -0.1) is 11.3 Å². The van der Waals surface area contributed by atoms with E-state index in [9.17, 15) is 0 Å². The second-order valence-corrected chi connectivity index (χ2v) is 5.64. The molecule has 1 aromatic carbocycles. The van der Waals surface area contributed by atoms with Gasteiger partial charge in [0.2, 0.25) is 0 Å². The Labute approximate surface area is 121 Å². The fraction of sp³-hybridized carbons (Fsp3) is 0.200. The fourth-order valence-corrected chi connectivity index (χ4v) is 3.02. The Morgan fingerprint density at radius 1 is 1.30 bits per heavy atom. The van der Waals surface area contributed by atoms with Gasteiger partial charge in [-0.05, 0) is 0 Å². The molecule has 3 aromatic rings. The molecule has 0 fully saturated rings. The Morgan fingerprint density at radius 2 is 2.10 bits per heavy atom. The fourth-order valence-electron chi connectivity index (χ4n) is 2.16. The number of imidazole rings is 1. The molecule has 2 heterocycles. The number of benzene rings is 1. The van der Waals surface area contributed by atoms with Crippen molar-refractivity contribution in [2.45, 2.75) is 12.5 Å². The number of aryl methyl sites for hydroxylation is 1. The largest absolute Gasteiger partial charge is 0.337 e. The van der Waals surface area contributed by atoms with E-state index in [-0.39, 0.29) is 6.04 Å². The first-order valence-electron chi connectivity index (χ1n) is 6.46. The van der Waals surface area contributed by atoms with Gasteiger partial charge in [0.25, 0.3) is 0 Å². The van der Waals surface area contributed by atoms with Gasteiger partial charge in [0, 0.05) is 36.8 Å². The van der Waals surface area contributed by atoms with Gasteiger partial charge < -0.3 is 10.3 Å². The average Bonchev–Trinajstić information content (AvgIpc) is 3.09. The summed E-state index contributed by atoms with van der Waals surface area (Å²) in [5.41, 5.74) is 8.35. The van der Waals surface area contributed by atoms with Crippen LogP contribution in [0.3, 0.4) is 0 Å². The topological polar surface area (TPSA) is 56.7 Å². The van der Waals surface area contributed by atoms with Crippen LogP contribution < -0.4 is 5.73 Å². The zero-order valence-corrected chi connectivity index (χ0v) is 12.0. The quantitative estimate of drug-likeness (QED) is 0.801. The molecule has 0 aliphatic rings. The summed E-state index contributed by atoms with van der Waals surface area (Å²) in [6.45, 7) is 0. The number of aromatic nitrogens is 3. The first-order valence-corrected chi connectivity index (χ1v) is 7.34. The van der Waals surface area contributed by atoms with Gasteiger partial charge in [-0.2, -0.15) is 0 Å². The third kappa shape index (κ3) is 2.64. The summed E-state index contributed by atoms with van der Waals surface area (Å²) in [6, 6.07) is 10.1. The van der Waals surface area contributed by atoms with Crippen molar-refractivity contribution < 1.29 is 0 Å². The van der Waals surface area contributed by atoms with E-state index in [0.29, 0.717) is 6.42 Å². The molecule has 20 heavy (non-hydrogen) atoms. The van der Waals surface area contributed by atoms with E-state index in [1.165, 1.54) is 0 Å². The van der Waals surface area contributed by atoms with Crippen molar-refractivity contribution >= 4 is 11.3 Å². The molecular weight excluding hydrogens is 268 g/mol. The maximum Gasteiger partial charge on any atom is 0.125 e. The lowest BCUT2D eigenvalue weighted by Gasteiger charge is -2.09. The lowest BCUT2D eigenvalue weighted by Crippen LogP contribution is -2.17. The lowest BCUT2D eigenvalue weighted by atomic mass is 10.2. The Balaban J connectivity index is 1.76. The minimum absolute atomic E-state index is 0.121. The van der Waals surface area contributed by atoms with Crippen LogP contribution in [0.15, 0.2) is 48.1 Å². The maximum absolute atomic E-state index is 6.20. The zero-order chi connectivity index (χ0) is 13.9. The Morgan fingerprint density at radius 3 is 2.80 bits per heavy atom. The third-order valence-corrected chi connectivity index (χ3v) is 4.08. The summed E-state index contributed by atoms with van der Waals surface area (Å²) in [5.74, 6) is 0.890. The molecule has 2 aromatic heterocycles. The SMILES string of the molecule is Cn1ccnc1C(N)Cc1nc(-c2ccccc2)cs1. The molecule has 0 saturated heterocycles. The standard InChI is InChI=1S/C15H16N4S/c1-19-8-7-17-15(19)12(16)9-14-18-13(10-20-14)11-5-3-2-4-6-11/h2-8,10,12H,9,16H2,1H3. The van der Waals surface area contributed by atoms with Crippen molar-refractivity contribution in [2.75, 3.05) is 0 Å². The van der Waals surface area contributed by atoms with Gasteiger partial charge in [-0.1, -0.05) is 30.3 Å². The van der Waals surface area contributed by atoms with E-state index in [4.69, 9.17) is 5.73 Å². The number of rotatable bonds is 4. The normalized spacial score (nSPS) is 12.5. The molecule has 0 bridgehead atoms. The zero-order valence-electron chi connectivity index (χ0n) is 11.2. The molecular formula is C15H16N4S. The summed E-state index contributed by atoms with van der Waals surface area (Å²) in [7, 11) is 1.96. The van der Waals surface area contributed by atoms with Crippen molar-refractivity contribution in [3.8, 4) is 11.3 Å². The number of hydrogen-bond acceptors (Lipinski definition) is 4. The molecule has 0 spiro atoms. The number of thiazole rings is 1. The monoisotopic (exact) mass is 284 g/mol. The van der Waals surface area contributed by atoms with Crippen molar-refractivity contribution in [1.82, 2.24) is 14.5 Å². The van der Waals surface area contributed by atoms with Crippen LogP contribution in [0.2, 0.25) is 0 Å². The van der Waals surface area contributed by atoms with Gasteiger partial charge in [0.15, 0.2) is 0 Å². The van der Waals surface area contributed by atoms with E-state index >= 15 is 0 Å². The predicted molar refractivity (Wildman–Crippen MR) is 81.4 cm³/mol. The molecule has 102 valence electrons. The van der Waals surface area contributed by atoms with E-state index in [1.54, 1.807) is 17.5 Å². The molecule has 0 saturated carbocycles. The van der Waals surface area contributed by atoms with Gasteiger partial charge >= 0.3 is 0 Å². The highest BCUT2D eigenvalue weighted by atomic mass is 32.1. The highest BCUT2D eigenvalue weighted by Crippen LogP contribution is 2.24. The van der Waals surface area contributed by atoms with Crippen LogP contribution >= 0.6 is 11.3 Å². The van der Waals surface area contributed by atoms with Crippen molar-refractivity contribution in [2.24, 2.45) is 12.8 Å². The van der Waals surface area contributed by atoms with Crippen LogP contribution in [0, 0.1) is 0 Å². The van der Waals surface area contributed by atoms with E-state index in [2.05, 4.69) is 27.5 Å². The van der Waals surface area contributed by atoms with E-state index in [1.807, 2.05) is 36.0 Å². The third-order valence-electron chi connectivity index (χ3n) is 3.21. The molecule has 5 heteroatoms. The molecule has 0 radical (unpaired) electrons. The molecule has 2 N–H and O–H groups in total. The Kier molecular flexibility index (Phi) is 3.62. The minimum atomic E-state index is -0.121. The van der Waals surface area contributed by atoms with Gasteiger partial charge in [-0.3, -0.25) is 0 Å². The van der Waals surface area contributed by atoms with Crippen LogP contribution in [0.5, 0.6) is 0 Å². The molecule has 1 unspecified atom stereocenters. The van der Waals surface area contributed by atoms with Gasteiger partial charge in [-0.25, -0.2) is 9.97 Å². The van der Waals surface area contributed by atoms with Crippen LogP contribution in [0.4, 0.5) is 0 Å². The summed E-state index contributed by atoms with van der Waals surface area (Å²) in [4.78, 5) is 8.95. The highest BCUT2D eigenvalue weighted by Gasteiger charge is 2.14. The van der Waals surface area contributed by atoms with Crippen LogP contribution in [0.1, 0.15) is 16.9 Å². The summed E-state index contributed by atoms with van der Waals surface area (Å²) in [5, 5.41) is 3.12. The van der Waals surface area contributed by atoms with Crippen molar-refractivity contribution in [3.63, 3.8) is 0 Å². The molecule has 1 atom stereocenters. The van der Waals surface area contributed by atoms with Crippen LogP contribution in [-0.2, 0) is 13.5 Å². The molecule has 3 rings (SSSR count). The molecule has 0 aliphatic heterocycles. The summed E-state index contributed by atoms with van der Waals surface area (Å²) >= 11 is 1.65. The first-order chi connectivity index (χ1) is 9.74. The Bertz CT molecular complexity index is 687. The average molecular weight is 284 g/mol. The smallest absolute Gasteiger partial charge is 0.125 e. The first kappa shape index (κ1) is 13.0. The van der Waals surface area contributed by atoms with Gasteiger partial charge in [0.1, 0.15) is 5.82 Å². The lowest BCUT2D eigenvalue weighted by molar-refractivity contribution is 0.630. The molecule has 0 aliphatic carbocycles. The predicted octanol–water partition coefficient (Wildman–Crippen LogP) is 2.79. The maximum atomic E-state index is 6.20.